The summed E-state index contributed by atoms with van der Waals surface area (Å²) >= 11 is 2.04. The molecule has 180 valence electrons. The second kappa shape index (κ2) is 12.0. The van der Waals surface area contributed by atoms with Crippen LogP contribution >= 0.6 is 11.8 Å². The molecule has 0 amide bonds. The molecule has 0 N–H and O–H groups in total. The number of thioether (sulfide) groups is 1. The van der Waals surface area contributed by atoms with Crippen molar-refractivity contribution in [2.75, 3.05) is 14.2 Å². The lowest BCUT2D eigenvalue weighted by atomic mass is 10.0. The van der Waals surface area contributed by atoms with E-state index in [9.17, 15) is 0 Å². The number of rotatable bonds is 10. The molecular formula is C32H34O2S. The first-order chi connectivity index (χ1) is 17.0. The summed E-state index contributed by atoms with van der Waals surface area (Å²) in [5.74, 6) is 1.78. The van der Waals surface area contributed by atoms with Gasteiger partial charge in [0.15, 0.2) is 0 Å². The van der Waals surface area contributed by atoms with Crippen molar-refractivity contribution < 1.29 is 9.47 Å². The number of methoxy groups -OCH3 is 2. The van der Waals surface area contributed by atoms with Crippen LogP contribution in [0.25, 0.3) is 0 Å². The van der Waals surface area contributed by atoms with Gasteiger partial charge in [0, 0.05) is 10.5 Å². The van der Waals surface area contributed by atoms with E-state index < -0.39 is 0 Å². The average molecular weight is 483 g/mol. The second-order valence-electron chi connectivity index (χ2n) is 9.04. The molecular weight excluding hydrogens is 448 g/mol. The molecule has 0 fully saturated rings. The third-order valence-electron chi connectivity index (χ3n) is 6.39. The Morgan fingerprint density at radius 2 is 0.857 bits per heavy atom. The molecule has 3 heteroatoms. The van der Waals surface area contributed by atoms with E-state index in [-0.39, 0.29) is 0 Å². The Morgan fingerprint density at radius 1 is 0.514 bits per heavy atom. The fourth-order valence-corrected chi connectivity index (χ4v) is 5.80. The number of hydrogen-bond acceptors (Lipinski definition) is 3. The minimum absolute atomic E-state index is 0.307. The molecule has 0 aliphatic carbocycles. The Bertz CT molecular complexity index is 1080. The predicted molar refractivity (Wildman–Crippen MR) is 149 cm³/mol. The van der Waals surface area contributed by atoms with Crippen LogP contribution in [0.1, 0.15) is 43.9 Å². The third-order valence-corrected chi connectivity index (χ3v) is 7.92. The van der Waals surface area contributed by atoms with Crippen molar-refractivity contribution >= 4 is 11.8 Å². The SMILES string of the molecule is COc1ccc(C(Cc2ccc(C)cc2)SC(Cc2ccc(C)cc2)c2ccc(OC)cc2)cc1. The summed E-state index contributed by atoms with van der Waals surface area (Å²) in [6.07, 6.45) is 1.94. The Labute approximate surface area is 214 Å². The number of hydrogen-bond donors (Lipinski definition) is 0. The Hall–Kier alpha value is -3.17. The number of benzene rings is 4. The Kier molecular flexibility index (Phi) is 8.54. The highest BCUT2D eigenvalue weighted by Crippen LogP contribution is 2.44. The highest BCUT2D eigenvalue weighted by molar-refractivity contribution is 7.99. The van der Waals surface area contributed by atoms with Crippen LogP contribution in [-0.4, -0.2) is 14.2 Å². The van der Waals surface area contributed by atoms with Crippen LogP contribution in [0.3, 0.4) is 0 Å². The standard InChI is InChI=1S/C32H34O2S/c1-23-5-9-25(10-6-23)21-31(27-13-17-29(33-3)18-14-27)35-32(22-26-11-7-24(2)8-12-26)28-15-19-30(34-4)20-16-28/h5-20,31-32H,21-22H2,1-4H3. The van der Waals surface area contributed by atoms with Crippen molar-refractivity contribution in [2.24, 2.45) is 0 Å². The summed E-state index contributed by atoms with van der Waals surface area (Å²) in [6.45, 7) is 4.28. The summed E-state index contributed by atoms with van der Waals surface area (Å²) in [5.41, 5.74) is 7.92. The van der Waals surface area contributed by atoms with E-state index >= 15 is 0 Å². The quantitative estimate of drug-likeness (QED) is 0.226. The molecule has 0 heterocycles. The maximum atomic E-state index is 5.42. The van der Waals surface area contributed by atoms with Gasteiger partial charge in [-0.15, -0.1) is 11.8 Å². The van der Waals surface area contributed by atoms with Crippen molar-refractivity contribution in [3.63, 3.8) is 0 Å². The molecule has 0 bridgehead atoms. The zero-order valence-electron chi connectivity index (χ0n) is 21.0. The third kappa shape index (κ3) is 6.93. The number of ether oxygens (including phenoxy) is 2. The largest absolute Gasteiger partial charge is 0.497 e. The normalized spacial score (nSPS) is 12.7. The zero-order valence-corrected chi connectivity index (χ0v) is 21.8. The molecule has 0 spiro atoms. The van der Waals surface area contributed by atoms with Gasteiger partial charge in [0.2, 0.25) is 0 Å². The maximum Gasteiger partial charge on any atom is 0.118 e. The van der Waals surface area contributed by atoms with Crippen LogP contribution in [-0.2, 0) is 12.8 Å². The van der Waals surface area contributed by atoms with Crippen molar-refractivity contribution in [2.45, 2.75) is 37.2 Å². The molecule has 4 aromatic rings. The van der Waals surface area contributed by atoms with Gasteiger partial charge in [0.05, 0.1) is 14.2 Å². The Balaban J connectivity index is 1.67. The Morgan fingerprint density at radius 3 is 1.17 bits per heavy atom. The lowest BCUT2D eigenvalue weighted by Crippen LogP contribution is -2.06. The highest BCUT2D eigenvalue weighted by Gasteiger charge is 2.22. The molecule has 0 saturated carbocycles. The van der Waals surface area contributed by atoms with Gasteiger partial charge in [0.25, 0.3) is 0 Å². The van der Waals surface area contributed by atoms with Crippen LogP contribution in [0, 0.1) is 13.8 Å². The lowest BCUT2D eigenvalue weighted by Gasteiger charge is -2.25. The first-order valence-corrected chi connectivity index (χ1v) is 13.0. The highest BCUT2D eigenvalue weighted by atomic mass is 32.2. The summed E-state index contributed by atoms with van der Waals surface area (Å²) in [4.78, 5) is 0. The van der Waals surface area contributed by atoms with Crippen LogP contribution in [0.5, 0.6) is 11.5 Å². The fourth-order valence-electron chi connectivity index (χ4n) is 4.20. The molecule has 4 aromatic carbocycles. The molecule has 0 radical (unpaired) electrons. The van der Waals surface area contributed by atoms with E-state index in [4.69, 9.17) is 9.47 Å². The van der Waals surface area contributed by atoms with E-state index in [2.05, 4.69) is 111 Å². The van der Waals surface area contributed by atoms with E-state index in [0.717, 1.165) is 24.3 Å². The molecule has 4 rings (SSSR count). The van der Waals surface area contributed by atoms with Gasteiger partial charge in [-0.25, -0.2) is 0 Å². The molecule has 2 atom stereocenters. The minimum Gasteiger partial charge on any atom is -0.497 e. The first-order valence-electron chi connectivity index (χ1n) is 12.1. The van der Waals surface area contributed by atoms with Gasteiger partial charge in [-0.2, -0.15) is 0 Å². The van der Waals surface area contributed by atoms with Crippen molar-refractivity contribution in [3.05, 3.63) is 130 Å². The second-order valence-corrected chi connectivity index (χ2v) is 10.4. The fraction of sp³-hybridized carbons (Fsp3) is 0.250. The van der Waals surface area contributed by atoms with E-state index in [1.165, 1.54) is 33.4 Å². The maximum absolute atomic E-state index is 5.42. The summed E-state index contributed by atoms with van der Waals surface area (Å²) in [7, 11) is 3.43. The number of aryl methyl sites for hydroxylation is 2. The van der Waals surface area contributed by atoms with E-state index in [0.29, 0.717) is 10.5 Å². The summed E-state index contributed by atoms with van der Waals surface area (Å²) in [5, 5.41) is 0.613. The lowest BCUT2D eigenvalue weighted by molar-refractivity contribution is 0.414. The molecule has 2 unspecified atom stereocenters. The molecule has 0 saturated heterocycles. The van der Waals surface area contributed by atoms with Gasteiger partial charge in [-0.3, -0.25) is 0 Å². The van der Waals surface area contributed by atoms with E-state index in [1.807, 2.05) is 11.8 Å². The molecule has 0 aromatic heterocycles. The van der Waals surface area contributed by atoms with Crippen LogP contribution in [0.2, 0.25) is 0 Å². The first kappa shape index (κ1) is 24.9. The van der Waals surface area contributed by atoms with Crippen molar-refractivity contribution in [1.82, 2.24) is 0 Å². The molecule has 0 aliphatic heterocycles. The van der Waals surface area contributed by atoms with Crippen LogP contribution < -0.4 is 9.47 Å². The van der Waals surface area contributed by atoms with E-state index in [1.54, 1.807) is 14.2 Å². The van der Waals surface area contributed by atoms with Gasteiger partial charge in [-0.1, -0.05) is 83.9 Å². The smallest absolute Gasteiger partial charge is 0.118 e. The van der Waals surface area contributed by atoms with Gasteiger partial charge in [-0.05, 0) is 73.2 Å². The molecule has 0 aliphatic rings. The van der Waals surface area contributed by atoms with Crippen LogP contribution in [0.15, 0.2) is 97.1 Å². The summed E-state index contributed by atoms with van der Waals surface area (Å²) in [6, 6.07) is 35.0. The molecule has 35 heavy (non-hydrogen) atoms. The monoisotopic (exact) mass is 482 g/mol. The van der Waals surface area contributed by atoms with Gasteiger partial charge >= 0.3 is 0 Å². The predicted octanol–water partition coefficient (Wildman–Crippen LogP) is 8.32. The van der Waals surface area contributed by atoms with Crippen LogP contribution in [0.4, 0.5) is 0 Å². The van der Waals surface area contributed by atoms with Crippen molar-refractivity contribution in [1.29, 1.82) is 0 Å². The topological polar surface area (TPSA) is 18.5 Å². The molecule has 2 nitrogen and oxygen atoms in total. The van der Waals surface area contributed by atoms with Gasteiger partial charge in [0.1, 0.15) is 11.5 Å². The van der Waals surface area contributed by atoms with Crippen molar-refractivity contribution in [3.8, 4) is 11.5 Å². The zero-order chi connectivity index (χ0) is 24.6. The average Bonchev–Trinajstić information content (AvgIpc) is 2.90. The summed E-state index contributed by atoms with van der Waals surface area (Å²) < 4.78 is 10.8. The minimum atomic E-state index is 0.307. The van der Waals surface area contributed by atoms with Gasteiger partial charge < -0.3 is 9.47 Å².